The molecular weight excluding hydrogens is 232 g/mol. The second kappa shape index (κ2) is 4.62. The molecular formula is C18H30O. The van der Waals surface area contributed by atoms with E-state index < -0.39 is 0 Å². The van der Waals surface area contributed by atoms with Gasteiger partial charge in [-0.1, -0.05) is 26.3 Å². The van der Waals surface area contributed by atoms with Gasteiger partial charge in [-0.2, -0.15) is 0 Å². The van der Waals surface area contributed by atoms with Crippen LogP contribution >= 0.6 is 0 Å². The highest BCUT2D eigenvalue weighted by Gasteiger charge is 2.60. The van der Waals surface area contributed by atoms with Crippen molar-refractivity contribution in [3.05, 3.63) is 11.6 Å². The largest absolute Gasteiger partial charge is 0.364 e. The van der Waals surface area contributed by atoms with E-state index in [0.717, 1.165) is 17.8 Å². The van der Waals surface area contributed by atoms with E-state index in [1.807, 2.05) is 0 Å². The normalized spacial score (nSPS) is 46.3. The molecule has 3 rings (SSSR count). The summed E-state index contributed by atoms with van der Waals surface area (Å²) < 4.78 is 6.78. The van der Waals surface area contributed by atoms with Crippen LogP contribution in [-0.2, 0) is 4.74 Å². The lowest BCUT2D eigenvalue weighted by atomic mass is 9.60. The fourth-order valence-electron chi connectivity index (χ4n) is 5.03. The molecule has 4 unspecified atom stereocenters. The van der Waals surface area contributed by atoms with E-state index in [1.54, 1.807) is 5.57 Å². The first-order valence-electron chi connectivity index (χ1n) is 8.40. The fourth-order valence-corrected chi connectivity index (χ4v) is 5.03. The highest BCUT2D eigenvalue weighted by molar-refractivity contribution is 5.29. The Morgan fingerprint density at radius 3 is 2.58 bits per heavy atom. The quantitative estimate of drug-likeness (QED) is 0.629. The number of allylic oxidation sites excluding steroid dienone is 1. The van der Waals surface area contributed by atoms with Crippen LogP contribution in [-0.4, -0.2) is 11.2 Å². The second-order valence-corrected chi connectivity index (χ2v) is 7.70. The van der Waals surface area contributed by atoms with Gasteiger partial charge in [-0.05, 0) is 75.7 Å². The van der Waals surface area contributed by atoms with E-state index in [9.17, 15) is 0 Å². The van der Waals surface area contributed by atoms with Gasteiger partial charge in [-0.15, -0.1) is 0 Å². The smallest absolute Gasteiger partial charge is 0.0933 e. The van der Waals surface area contributed by atoms with Crippen LogP contribution in [0.5, 0.6) is 0 Å². The van der Waals surface area contributed by atoms with Crippen molar-refractivity contribution in [3.63, 3.8) is 0 Å². The van der Waals surface area contributed by atoms with Crippen LogP contribution in [0.3, 0.4) is 0 Å². The molecule has 1 spiro atoms. The number of rotatable bonds is 2. The zero-order valence-corrected chi connectivity index (χ0v) is 13.2. The number of hydrogen-bond acceptors (Lipinski definition) is 1. The van der Waals surface area contributed by atoms with Crippen molar-refractivity contribution in [1.29, 1.82) is 0 Å². The molecule has 1 nitrogen and oxygen atoms in total. The third kappa shape index (κ3) is 2.00. The number of hydrogen-bond donors (Lipinski definition) is 0. The molecule has 1 heteroatoms. The van der Waals surface area contributed by atoms with Crippen LogP contribution in [0.25, 0.3) is 0 Å². The Morgan fingerprint density at radius 1 is 1.16 bits per heavy atom. The SMILES string of the molecule is CCC/C=C1\C(C)CCC2CCC3CC12OC3(C)C. The Balaban J connectivity index is 1.99. The van der Waals surface area contributed by atoms with Crippen molar-refractivity contribution in [2.24, 2.45) is 17.8 Å². The third-order valence-corrected chi connectivity index (χ3v) is 6.12. The topological polar surface area (TPSA) is 9.23 Å². The van der Waals surface area contributed by atoms with E-state index in [1.165, 1.54) is 44.9 Å². The molecule has 3 fully saturated rings. The molecule has 0 amide bonds. The second-order valence-electron chi connectivity index (χ2n) is 7.70. The number of ether oxygens (including phenoxy) is 1. The fraction of sp³-hybridized carbons (Fsp3) is 0.889. The molecule has 0 radical (unpaired) electrons. The van der Waals surface area contributed by atoms with Crippen molar-refractivity contribution in [2.75, 3.05) is 0 Å². The van der Waals surface area contributed by atoms with E-state index in [0.29, 0.717) is 0 Å². The molecule has 0 aromatic carbocycles. The molecule has 3 aliphatic rings. The van der Waals surface area contributed by atoms with Gasteiger partial charge in [-0.3, -0.25) is 0 Å². The van der Waals surface area contributed by atoms with Crippen LogP contribution in [0.15, 0.2) is 11.6 Å². The monoisotopic (exact) mass is 262 g/mol. The zero-order chi connectivity index (χ0) is 13.7. The van der Waals surface area contributed by atoms with Gasteiger partial charge in [-0.25, -0.2) is 0 Å². The van der Waals surface area contributed by atoms with E-state index >= 15 is 0 Å². The Morgan fingerprint density at radius 2 is 1.84 bits per heavy atom. The highest BCUT2D eigenvalue weighted by atomic mass is 16.5. The Hall–Kier alpha value is -0.300. The van der Waals surface area contributed by atoms with Crippen LogP contribution in [0, 0.1) is 17.8 Å². The third-order valence-electron chi connectivity index (χ3n) is 6.12. The summed E-state index contributed by atoms with van der Waals surface area (Å²) in [6.45, 7) is 9.35. The predicted molar refractivity (Wildman–Crippen MR) is 80.1 cm³/mol. The molecule has 2 aliphatic carbocycles. The van der Waals surface area contributed by atoms with Crippen LogP contribution < -0.4 is 0 Å². The Bertz CT molecular complexity index is 381. The molecule has 2 bridgehead atoms. The lowest BCUT2D eigenvalue weighted by Crippen LogP contribution is -2.47. The van der Waals surface area contributed by atoms with Crippen molar-refractivity contribution in [1.82, 2.24) is 0 Å². The minimum Gasteiger partial charge on any atom is -0.364 e. The maximum Gasteiger partial charge on any atom is 0.0933 e. The molecule has 1 heterocycles. The van der Waals surface area contributed by atoms with Crippen molar-refractivity contribution in [2.45, 2.75) is 83.8 Å². The maximum absolute atomic E-state index is 6.78. The minimum absolute atomic E-state index is 0.0944. The highest BCUT2D eigenvalue weighted by Crippen LogP contribution is 2.61. The minimum atomic E-state index is 0.0944. The number of fused-ring (bicyclic) bond motifs is 1. The molecule has 4 atom stereocenters. The molecule has 0 N–H and O–H groups in total. The van der Waals surface area contributed by atoms with Crippen molar-refractivity contribution in [3.8, 4) is 0 Å². The summed E-state index contributed by atoms with van der Waals surface area (Å²) in [6, 6.07) is 0. The molecule has 108 valence electrons. The molecule has 19 heavy (non-hydrogen) atoms. The summed E-state index contributed by atoms with van der Waals surface area (Å²) in [5.41, 5.74) is 1.89. The van der Waals surface area contributed by atoms with Gasteiger partial charge in [0.1, 0.15) is 0 Å². The Labute approximate surface area is 118 Å². The van der Waals surface area contributed by atoms with Crippen molar-refractivity contribution >= 4 is 0 Å². The van der Waals surface area contributed by atoms with Gasteiger partial charge < -0.3 is 4.74 Å². The van der Waals surface area contributed by atoms with Crippen molar-refractivity contribution < 1.29 is 4.74 Å². The summed E-state index contributed by atoms with van der Waals surface area (Å²) in [7, 11) is 0. The van der Waals surface area contributed by atoms with Crippen LogP contribution in [0.1, 0.15) is 72.6 Å². The molecule has 0 aromatic heterocycles. The van der Waals surface area contributed by atoms with Crippen LogP contribution in [0.4, 0.5) is 0 Å². The lowest BCUT2D eigenvalue weighted by molar-refractivity contribution is -0.106. The van der Waals surface area contributed by atoms with E-state index in [-0.39, 0.29) is 11.2 Å². The molecule has 1 aliphatic heterocycles. The van der Waals surface area contributed by atoms with Gasteiger partial charge in [0.15, 0.2) is 0 Å². The van der Waals surface area contributed by atoms with Gasteiger partial charge in [0.25, 0.3) is 0 Å². The standard InChI is InChI=1S/C18H30O/c1-5-6-7-16-13(2)8-9-14-10-11-15-12-18(14,16)19-17(15,3)4/h7,13-15H,5-6,8-12H2,1-4H3/b16-7+. The average Bonchev–Trinajstić information content (AvgIpc) is 2.56. The average molecular weight is 262 g/mol. The lowest BCUT2D eigenvalue weighted by Gasteiger charge is -2.48. The van der Waals surface area contributed by atoms with E-state index in [2.05, 4.69) is 33.8 Å². The van der Waals surface area contributed by atoms with Crippen LogP contribution in [0.2, 0.25) is 0 Å². The predicted octanol–water partition coefficient (Wildman–Crippen LogP) is 5.11. The zero-order valence-electron chi connectivity index (χ0n) is 13.2. The van der Waals surface area contributed by atoms with Gasteiger partial charge in [0.05, 0.1) is 11.2 Å². The van der Waals surface area contributed by atoms with Gasteiger partial charge in [0, 0.05) is 0 Å². The molecule has 1 saturated heterocycles. The summed E-state index contributed by atoms with van der Waals surface area (Å²) >= 11 is 0. The first-order valence-corrected chi connectivity index (χ1v) is 8.40. The number of unbranched alkanes of at least 4 members (excludes halogenated alkanes) is 1. The first-order chi connectivity index (χ1) is 8.99. The Kier molecular flexibility index (Phi) is 3.32. The molecule has 0 aromatic rings. The first kappa shape index (κ1) is 13.7. The van der Waals surface area contributed by atoms with Gasteiger partial charge in [0.2, 0.25) is 0 Å². The maximum atomic E-state index is 6.78. The summed E-state index contributed by atoms with van der Waals surface area (Å²) in [4.78, 5) is 0. The van der Waals surface area contributed by atoms with Gasteiger partial charge >= 0.3 is 0 Å². The summed E-state index contributed by atoms with van der Waals surface area (Å²) in [5, 5.41) is 0. The summed E-state index contributed by atoms with van der Waals surface area (Å²) in [5.74, 6) is 2.30. The van der Waals surface area contributed by atoms with E-state index in [4.69, 9.17) is 4.74 Å². The molecule has 2 saturated carbocycles. The summed E-state index contributed by atoms with van der Waals surface area (Å²) in [6.07, 6.45) is 11.8.